The summed E-state index contributed by atoms with van der Waals surface area (Å²) in [5.41, 5.74) is 2.43. The Morgan fingerprint density at radius 2 is 1.93 bits per heavy atom. The number of allylic oxidation sites excluding steroid dienone is 1. The van der Waals surface area contributed by atoms with Gasteiger partial charge >= 0.3 is 0 Å². The van der Waals surface area contributed by atoms with Gasteiger partial charge < -0.3 is 4.74 Å². The summed E-state index contributed by atoms with van der Waals surface area (Å²) in [6.07, 6.45) is 2.28. The Kier molecular flexibility index (Phi) is 4.41. The minimum Gasteiger partial charge on any atom is -0.497 e. The predicted octanol–water partition coefficient (Wildman–Crippen LogP) is 4.14. The van der Waals surface area contributed by atoms with E-state index in [-0.39, 0.29) is 0 Å². The van der Waals surface area contributed by atoms with Crippen LogP contribution in [0.2, 0.25) is 0 Å². The van der Waals surface area contributed by atoms with Crippen LogP contribution in [0.4, 0.5) is 0 Å². The molecule has 1 rings (SSSR count). The van der Waals surface area contributed by atoms with Crippen molar-refractivity contribution < 1.29 is 4.74 Å². The molecule has 0 aliphatic carbocycles. The highest BCUT2D eigenvalue weighted by Crippen LogP contribution is 2.24. The molecule has 1 unspecified atom stereocenters. The van der Waals surface area contributed by atoms with Gasteiger partial charge in [-0.25, -0.2) is 0 Å². The number of rotatable bonds is 5. The molecular formula is C14H20O. The lowest BCUT2D eigenvalue weighted by atomic mass is 9.95. The second kappa shape index (κ2) is 5.59. The lowest BCUT2D eigenvalue weighted by molar-refractivity contribution is 0.415. The van der Waals surface area contributed by atoms with Gasteiger partial charge in [0.1, 0.15) is 5.75 Å². The molecular weight excluding hydrogens is 184 g/mol. The Morgan fingerprint density at radius 3 is 2.40 bits per heavy atom. The lowest BCUT2D eigenvalue weighted by Gasteiger charge is -2.11. The lowest BCUT2D eigenvalue weighted by Crippen LogP contribution is -1.94. The van der Waals surface area contributed by atoms with Gasteiger partial charge in [-0.2, -0.15) is 0 Å². The topological polar surface area (TPSA) is 9.23 Å². The third-order valence-corrected chi connectivity index (χ3v) is 2.79. The molecule has 1 heteroatoms. The molecule has 0 amide bonds. The standard InChI is InChI=1S/C14H20O/c1-5-11(2)10-12(3)13-6-8-14(15-4)9-7-13/h6-9,11H,3,5,10H2,1-2,4H3. The average Bonchev–Trinajstić information content (AvgIpc) is 2.29. The molecule has 0 radical (unpaired) electrons. The number of methoxy groups -OCH3 is 1. The van der Waals surface area contributed by atoms with Crippen molar-refractivity contribution in [3.8, 4) is 5.75 Å². The van der Waals surface area contributed by atoms with Crippen molar-refractivity contribution in [3.05, 3.63) is 36.4 Å². The summed E-state index contributed by atoms with van der Waals surface area (Å²) in [6.45, 7) is 8.60. The SMILES string of the molecule is C=C(CC(C)CC)c1ccc(OC)cc1. The monoisotopic (exact) mass is 204 g/mol. The van der Waals surface area contributed by atoms with Crippen LogP contribution in [-0.4, -0.2) is 7.11 Å². The third kappa shape index (κ3) is 3.43. The van der Waals surface area contributed by atoms with Gasteiger partial charge in [-0.1, -0.05) is 39.0 Å². The van der Waals surface area contributed by atoms with Gasteiger partial charge in [-0.3, -0.25) is 0 Å². The Balaban J connectivity index is 2.66. The first-order valence-corrected chi connectivity index (χ1v) is 5.49. The maximum absolute atomic E-state index is 5.12. The van der Waals surface area contributed by atoms with Crippen molar-refractivity contribution in [3.63, 3.8) is 0 Å². The number of benzene rings is 1. The molecule has 0 bridgehead atoms. The second-order valence-electron chi connectivity index (χ2n) is 4.05. The van der Waals surface area contributed by atoms with E-state index in [2.05, 4.69) is 32.6 Å². The minimum absolute atomic E-state index is 0.708. The molecule has 0 N–H and O–H groups in total. The Bertz CT molecular complexity index is 311. The van der Waals surface area contributed by atoms with Gasteiger partial charge in [-0.15, -0.1) is 0 Å². The zero-order valence-corrected chi connectivity index (χ0v) is 9.92. The van der Waals surface area contributed by atoms with Crippen molar-refractivity contribution in [1.29, 1.82) is 0 Å². The highest BCUT2D eigenvalue weighted by atomic mass is 16.5. The zero-order valence-electron chi connectivity index (χ0n) is 9.92. The van der Waals surface area contributed by atoms with Gasteiger partial charge in [-0.05, 0) is 35.6 Å². The summed E-state index contributed by atoms with van der Waals surface area (Å²) in [7, 11) is 1.68. The molecule has 1 aromatic carbocycles. The highest BCUT2D eigenvalue weighted by Gasteiger charge is 2.04. The van der Waals surface area contributed by atoms with E-state index in [0.29, 0.717) is 5.92 Å². The van der Waals surface area contributed by atoms with Crippen molar-refractivity contribution in [2.45, 2.75) is 26.7 Å². The van der Waals surface area contributed by atoms with E-state index in [9.17, 15) is 0 Å². The molecule has 0 aliphatic rings. The molecule has 15 heavy (non-hydrogen) atoms. The van der Waals surface area contributed by atoms with Gasteiger partial charge in [0.2, 0.25) is 0 Å². The Hall–Kier alpha value is -1.24. The molecule has 0 aliphatic heterocycles. The van der Waals surface area contributed by atoms with E-state index < -0.39 is 0 Å². The summed E-state index contributed by atoms with van der Waals surface area (Å²) >= 11 is 0. The van der Waals surface area contributed by atoms with Crippen molar-refractivity contribution in [2.75, 3.05) is 7.11 Å². The normalized spacial score (nSPS) is 12.2. The predicted molar refractivity (Wildman–Crippen MR) is 66.1 cm³/mol. The molecule has 1 atom stereocenters. The quantitative estimate of drug-likeness (QED) is 0.700. The van der Waals surface area contributed by atoms with Crippen LogP contribution in [0.25, 0.3) is 5.57 Å². The number of hydrogen-bond donors (Lipinski definition) is 0. The van der Waals surface area contributed by atoms with Crippen LogP contribution < -0.4 is 4.74 Å². The molecule has 0 fully saturated rings. The van der Waals surface area contributed by atoms with Gasteiger partial charge in [0.05, 0.1) is 7.11 Å². The van der Waals surface area contributed by atoms with Crippen LogP contribution in [0.1, 0.15) is 32.3 Å². The summed E-state index contributed by atoms with van der Waals surface area (Å²) < 4.78 is 5.12. The fourth-order valence-electron chi connectivity index (χ4n) is 1.51. The summed E-state index contributed by atoms with van der Waals surface area (Å²) in [5, 5.41) is 0. The van der Waals surface area contributed by atoms with Crippen LogP contribution in [0.5, 0.6) is 5.75 Å². The number of hydrogen-bond acceptors (Lipinski definition) is 1. The van der Waals surface area contributed by atoms with Gasteiger partial charge in [0, 0.05) is 0 Å². The second-order valence-corrected chi connectivity index (χ2v) is 4.05. The highest BCUT2D eigenvalue weighted by molar-refractivity contribution is 5.63. The van der Waals surface area contributed by atoms with Crippen molar-refractivity contribution in [1.82, 2.24) is 0 Å². The Labute approximate surface area is 92.8 Å². The molecule has 1 nitrogen and oxygen atoms in total. The van der Waals surface area contributed by atoms with E-state index >= 15 is 0 Å². The van der Waals surface area contributed by atoms with Crippen LogP contribution in [-0.2, 0) is 0 Å². The van der Waals surface area contributed by atoms with Crippen LogP contribution in [0.3, 0.4) is 0 Å². The zero-order chi connectivity index (χ0) is 11.3. The van der Waals surface area contributed by atoms with Crippen molar-refractivity contribution in [2.24, 2.45) is 5.92 Å². The number of ether oxygens (including phenoxy) is 1. The molecule has 82 valence electrons. The van der Waals surface area contributed by atoms with E-state index in [1.807, 2.05) is 12.1 Å². The molecule has 0 aromatic heterocycles. The minimum atomic E-state index is 0.708. The van der Waals surface area contributed by atoms with Crippen molar-refractivity contribution >= 4 is 5.57 Å². The first-order chi connectivity index (χ1) is 7.17. The average molecular weight is 204 g/mol. The first-order valence-electron chi connectivity index (χ1n) is 5.49. The smallest absolute Gasteiger partial charge is 0.118 e. The maximum Gasteiger partial charge on any atom is 0.118 e. The summed E-state index contributed by atoms with van der Waals surface area (Å²) in [6, 6.07) is 8.11. The Morgan fingerprint density at radius 1 is 1.33 bits per heavy atom. The maximum atomic E-state index is 5.12. The molecule has 0 saturated carbocycles. The van der Waals surface area contributed by atoms with Gasteiger partial charge in [0.15, 0.2) is 0 Å². The van der Waals surface area contributed by atoms with E-state index in [0.717, 1.165) is 12.2 Å². The fraction of sp³-hybridized carbons (Fsp3) is 0.429. The molecule has 0 spiro atoms. The van der Waals surface area contributed by atoms with Gasteiger partial charge in [0.25, 0.3) is 0 Å². The van der Waals surface area contributed by atoms with Crippen LogP contribution in [0.15, 0.2) is 30.8 Å². The summed E-state index contributed by atoms with van der Waals surface area (Å²) in [4.78, 5) is 0. The first kappa shape index (κ1) is 11.8. The van der Waals surface area contributed by atoms with Crippen LogP contribution in [0, 0.1) is 5.92 Å². The van der Waals surface area contributed by atoms with E-state index in [1.54, 1.807) is 7.11 Å². The van der Waals surface area contributed by atoms with E-state index in [1.165, 1.54) is 17.6 Å². The van der Waals surface area contributed by atoms with Crippen LogP contribution >= 0.6 is 0 Å². The molecule has 0 saturated heterocycles. The molecule has 0 heterocycles. The largest absolute Gasteiger partial charge is 0.497 e. The fourth-order valence-corrected chi connectivity index (χ4v) is 1.51. The molecule has 1 aromatic rings. The summed E-state index contributed by atoms with van der Waals surface area (Å²) in [5.74, 6) is 1.61. The third-order valence-electron chi connectivity index (χ3n) is 2.79. The van der Waals surface area contributed by atoms with E-state index in [4.69, 9.17) is 4.74 Å².